The van der Waals surface area contributed by atoms with Gasteiger partial charge in [0.25, 0.3) is 0 Å². The Kier molecular flexibility index (Phi) is 2.71. The van der Waals surface area contributed by atoms with E-state index >= 15 is 0 Å². The number of methoxy groups -OCH3 is 1. The minimum atomic E-state index is -0.499. The lowest BCUT2D eigenvalue weighted by atomic mass is 9.39. The zero-order valence-corrected chi connectivity index (χ0v) is 15.6. The molecule has 1 unspecified atom stereocenters. The molecule has 1 saturated heterocycles. The molecule has 0 amide bonds. The predicted octanol–water partition coefficient (Wildman–Crippen LogP) is 3.58. The van der Waals surface area contributed by atoms with E-state index in [4.69, 9.17) is 9.47 Å². The van der Waals surface area contributed by atoms with Crippen molar-refractivity contribution in [1.29, 1.82) is 0 Å². The fourth-order valence-electron chi connectivity index (χ4n) is 7.88. The number of rotatable bonds is 1. The molecule has 0 aromatic rings. The van der Waals surface area contributed by atoms with Crippen LogP contribution in [0.25, 0.3) is 0 Å². The van der Waals surface area contributed by atoms with Crippen LogP contribution in [0, 0.1) is 22.2 Å². The molecule has 4 aliphatic carbocycles. The van der Waals surface area contributed by atoms with E-state index in [2.05, 4.69) is 20.4 Å². The first-order valence-corrected chi connectivity index (χ1v) is 9.74. The average molecular weight is 344 g/mol. The fraction of sp³-hybridized carbons (Fsp3) is 0.810. The lowest BCUT2D eigenvalue weighted by Gasteiger charge is -2.64. The quantitative estimate of drug-likeness (QED) is 0.539. The second-order valence-electron chi connectivity index (χ2n) is 9.74. The Balaban J connectivity index is 1.71. The molecule has 1 spiro atoms. The number of carbonyl (C=O) groups excluding carboxylic acids is 2. The molecule has 4 nitrogen and oxygen atoms in total. The van der Waals surface area contributed by atoms with Gasteiger partial charge in [-0.2, -0.15) is 0 Å². The lowest BCUT2D eigenvalue weighted by molar-refractivity contribution is -0.232. The van der Waals surface area contributed by atoms with E-state index in [1.165, 1.54) is 0 Å². The zero-order chi connectivity index (χ0) is 17.9. The maximum absolute atomic E-state index is 13.5. The number of esters is 1. The van der Waals surface area contributed by atoms with Crippen LogP contribution in [0.3, 0.4) is 0 Å². The van der Waals surface area contributed by atoms with Crippen molar-refractivity contribution < 1.29 is 19.1 Å². The summed E-state index contributed by atoms with van der Waals surface area (Å²) in [5, 5.41) is 0. The molecule has 0 aromatic heterocycles. The van der Waals surface area contributed by atoms with Gasteiger partial charge < -0.3 is 9.47 Å². The summed E-state index contributed by atoms with van der Waals surface area (Å²) in [6.07, 6.45) is 6.95. The highest BCUT2D eigenvalue weighted by molar-refractivity contribution is 6.05. The molecule has 6 atom stereocenters. The second-order valence-corrected chi connectivity index (χ2v) is 9.74. The Morgan fingerprint density at radius 2 is 1.88 bits per heavy atom. The average Bonchev–Trinajstić information content (AvgIpc) is 2.85. The Bertz CT molecular complexity index is 727. The van der Waals surface area contributed by atoms with Crippen molar-refractivity contribution in [2.24, 2.45) is 22.2 Å². The summed E-state index contributed by atoms with van der Waals surface area (Å²) in [5.74, 6) is 0.395. The van der Waals surface area contributed by atoms with E-state index in [-0.39, 0.29) is 28.5 Å². The van der Waals surface area contributed by atoms with Gasteiger partial charge in [-0.25, -0.2) is 0 Å². The summed E-state index contributed by atoms with van der Waals surface area (Å²) in [7, 11) is 1.71. The molecule has 1 heterocycles. The van der Waals surface area contributed by atoms with Gasteiger partial charge in [0.2, 0.25) is 0 Å². The normalized spacial score (nSPS) is 56.4. The van der Waals surface area contributed by atoms with E-state index in [1.807, 2.05) is 0 Å². The van der Waals surface area contributed by atoms with Gasteiger partial charge in [-0.05, 0) is 58.3 Å². The summed E-state index contributed by atoms with van der Waals surface area (Å²) >= 11 is 0. The number of ether oxygens (including phenoxy) is 2. The zero-order valence-electron chi connectivity index (χ0n) is 15.6. The topological polar surface area (TPSA) is 52.6 Å². The Hall–Kier alpha value is -1.16. The molecular formula is C21H28O4. The molecule has 5 rings (SSSR count). The highest BCUT2D eigenvalue weighted by atomic mass is 16.6. The number of ketones is 1. The van der Waals surface area contributed by atoms with Gasteiger partial charge in [0.05, 0.1) is 11.0 Å². The molecule has 4 saturated carbocycles. The van der Waals surface area contributed by atoms with Crippen molar-refractivity contribution in [3.63, 3.8) is 0 Å². The molecular weight excluding hydrogens is 316 g/mol. The molecule has 25 heavy (non-hydrogen) atoms. The van der Waals surface area contributed by atoms with Crippen molar-refractivity contribution in [2.45, 2.75) is 76.4 Å². The molecule has 4 bridgehead atoms. The van der Waals surface area contributed by atoms with E-state index in [0.717, 1.165) is 44.9 Å². The van der Waals surface area contributed by atoms with Crippen molar-refractivity contribution in [3.05, 3.63) is 12.2 Å². The van der Waals surface area contributed by atoms with Crippen LogP contribution in [-0.4, -0.2) is 30.1 Å². The van der Waals surface area contributed by atoms with E-state index in [9.17, 15) is 9.59 Å². The predicted molar refractivity (Wildman–Crippen MR) is 91.8 cm³/mol. The Morgan fingerprint density at radius 3 is 2.60 bits per heavy atom. The van der Waals surface area contributed by atoms with Gasteiger partial charge >= 0.3 is 5.97 Å². The van der Waals surface area contributed by atoms with Gasteiger partial charge in [-0.15, -0.1) is 0 Å². The Labute approximate surface area is 149 Å². The molecule has 4 heteroatoms. The minimum absolute atomic E-state index is 0.0267. The largest absolute Gasteiger partial charge is 0.458 e. The fourth-order valence-corrected chi connectivity index (χ4v) is 7.88. The third-order valence-corrected chi connectivity index (χ3v) is 9.43. The van der Waals surface area contributed by atoms with Crippen molar-refractivity contribution >= 4 is 11.8 Å². The number of fused-ring (bicyclic) bond motifs is 1. The van der Waals surface area contributed by atoms with Crippen LogP contribution in [0.2, 0.25) is 0 Å². The first kappa shape index (κ1) is 16.0. The summed E-state index contributed by atoms with van der Waals surface area (Å²) in [4.78, 5) is 26.4. The molecule has 0 aromatic carbocycles. The molecule has 1 aliphatic heterocycles. The van der Waals surface area contributed by atoms with Crippen molar-refractivity contribution in [2.75, 3.05) is 7.11 Å². The number of Topliss-reactive ketones (excluding diaryl/α,β-unsaturated/α-hetero) is 1. The molecule has 5 aliphatic rings. The van der Waals surface area contributed by atoms with Gasteiger partial charge in [0.15, 0.2) is 5.78 Å². The molecule has 0 radical (unpaired) electrons. The molecule has 0 N–H and O–H groups in total. The van der Waals surface area contributed by atoms with Gasteiger partial charge in [0.1, 0.15) is 5.60 Å². The van der Waals surface area contributed by atoms with Crippen LogP contribution in [-0.2, 0) is 19.1 Å². The molecule has 5 fully saturated rings. The van der Waals surface area contributed by atoms with Crippen LogP contribution in [0.5, 0.6) is 0 Å². The van der Waals surface area contributed by atoms with Crippen molar-refractivity contribution in [1.82, 2.24) is 0 Å². The lowest BCUT2D eigenvalue weighted by Crippen LogP contribution is -2.67. The van der Waals surface area contributed by atoms with Crippen LogP contribution in [0.1, 0.15) is 65.2 Å². The monoisotopic (exact) mass is 344 g/mol. The van der Waals surface area contributed by atoms with Crippen molar-refractivity contribution in [3.8, 4) is 0 Å². The first-order chi connectivity index (χ1) is 11.7. The van der Waals surface area contributed by atoms with Crippen LogP contribution in [0.4, 0.5) is 0 Å². The summed E-state index contributed by atoms with van der Waals surface area (Å²) in [5.41, 5.74) is -1.47. The highest BCUT2D eigenvalue weighted by Gasteiger charge is 2.81. The Morgan fingerprint density at radius 1 is 1.12 bits per heavy atom. The highest BCUT2D eigenvalue weighted by Crippen LogP contribution is 2.77. The smallest absolute Gasteiger partial charge is 0.312 e. The SMILES string of the molecule is C=C1C(=O)[C@@]23CC[C@@H]4[C@@]5(C)CCC[C@@]4(OC5=O)C2(C)CC[C@]1(OC)C3. The maximum atomic E-state index is 13.5. The second kappa shape index (κ2) is 4.21. The third kappa shape index (κ3) is 1.35. The third-order valence-electron chi connectivity index (χ3n) is 9.43. The minimum Gasteiger partial charge on any atom is -0.458 e. The van der Waals surface area contributed by atoms with Crippen LogP contribution >= 0.6 is 0 Å². The van der Waals surface area contributed by atoms with Gasteiger partial charge in [-0.3, -0.25) is 9.59 Å². The molecule has 136 valence electrons. The number of carbonyl (C=O) groups is 2. The summed E-state index contributed by atoms with van der Waals surface area (Å²) < 4.78 is 12.2. The summed E-state index contributed by atoms with van der Waals surface area (Å²) in [6, 6.07) is 0. The van der Waals surface area contributed by atoms with E-state index in [1.54, 1.807) is 7.11 Å². The van der Waals surface area contributed by atoms with Gasteiger partial charge in [-0.1, -0.05) is 13.5 Å². The standard InChI is InChI=1S/C21H28O4/c1-13-15(22)19-9-6-14-17(2)7-5-8-21(14,25-16(17)23)18(19,3)10-11-20(13,12-19)24-4/h14H,1,5-12H2,2-4H3/t14-,17-,18?,19+,20+,21+/m1/s1. The van der Waals surface area contributed by atoms with Crippen LogP contribution in [0.15, 0.2) is 12.2 Å². The van der Waals surface area contributed by atoms with Gasteiger partial charge in [0, 0.05) is 29.4 Å². The maximum Gasteiger partial charge on any atom is 0.312 e. The van der Waals surface area contributed by atoms with E-state index in [0.29, 0.717) is 12.0 Å². The summed E-state index contributed by atoms with van der Waals surface area (Å²) in [6.45, 7) is 8.48. The number of hydrogen-bond acceptors (Lipinski definition) is 4. The first-order valence-electron chi connectivity index (χ1n) is 9.74. The number of hydrogen-bond donors (Lipinski definition) is 0. The van der Waals surface area contributed by atoms with Crippen LogP contribution < -0.4 is 0 Å². The van der Waals surface area contributed by atoms with E-state index < -0.39 is 16.6 Å².